The number of hydrogen-bond donors (Lipinski definition) is 0. The van der Waals surface area contributed by atoms with Gasteiger partial charge in [0.05, 0.1) is 12.8 Å². The zero-order valence-corrected chi connectivity index (χ0v) is 7.55. The predicted octanol–water partition coefficient (Wildman–Crippen LogP) is 1.95. The van der Waals surface area contributed by atoms with Gasteiger partial charge in [0.25, 0.3) is 5.22 Å². The number of nitrogens with zero attached hydrogens (tertiary/aromatic N) is 1. The maximum Gasteiger partial charge on any atom is 0.255 e. The Morgan fingerprint density at radius 2 is 2.58 bits per heavy atom. The second-order valence-electron chi connectivity index (χ2n) is 2.76. The van der Waals surface area contributed by atoms with Crippen LogP contribution in [0.4, 0.5) is 0 Å². The lowest BCUT2D eigenvalue weighted by Gasteiger charge is -2.19. The van der Waals surface area contributed by atoms with Gasteiger partial charge in [-0.05, 0) is 12.8 Å². The zero-order valence-electron chi connectivity index (χ0n) is 6.73. The minimum atomic E-state index is 0.525. The molecule has 0 bridgehead atoms. The third kappa shape index (κ3) is 2.01. The van der Waals surface area contributed by atoms with Crippen molar-refractivity contribution in [1.29, 1.82) is 0 Å². The minimum absolute atomic E-state index is 0.525. The smallest absolute Gasteiger partial charge is 0.255 e. The molecule has 66 valence electrons. The molecule has 0 aliphatic carbocycles. The first-order valence-electron chi connectivity index (χ1n) is 4.09. The van der Waals surface area contributed by atoms with Crippen molar-refractivity contribution in [2.45, 2.75) is 23.3 Å². The van der Waals surface area contributed by atoms with E-state index in [1.54, 1.807) is 24.2 Å². The van der Waals surface area contributed by atoms with Gasteiger partial charge in [-0.25, -0.2) is 4.98 Å². The van der Waals surface area contributed by atoms with Crippen LogP contribution in [0, 0.1) is 0 Å². The van der Waals surface area contributed by atoms with Crippen molar-refractivity contribution in [2.24, 2.45) is 0 Å². The zero-order chi connectivity index (χ0) is 8.23. The molecule has 1 atom stereocenters. The molecule has 1 aromatic heterocycles. The molecule has 2 heterocycles. The molecule has 2 rings (SSSR count). The number of rotatable bonds is 2. The Morgan fingerprint density at radius 1 is 1.58 bits per heavy atom. The third-order valence-corrected chi connectivity index (χ3v) is 2.90. The highest BCUT2D eigenvalue weighted by molar-refractivity contribution is 7.99. The summed E-state index contributed by atoms with van der Waals surface area (Å²) >= 11 is 1.67. The molecule has 0 spiro atoms. The number of hydrogen-bond acceptors (Lipinski definition) is 4. The Hall–Kier alpha value is -0.480. The molecule has 12 heavy (non-hydrogen) atoms. The van der Waals surface area contributed by atoms with Gasteiger partial charge < -0.3 is 9.15 Å². The quantitative estimate of drug-likeness (QED) is 0.705. The van der Waals surface area contributed by atoms with E-state index in [0.717, 1.165) is 24.9 Å². The van der Waals surface area contributed by atoms with Crippen LogP contribution in [0.15, 0.2) is 22.1 Å². The van der Waals surface area contributed by atoms with Crippen LogP contribution >= 0.6 is 11.8 Å². The normalized spacial score (nSPS) is 24.2. The Bertz CT molecular complexity index is 219. The van der Waals surface area contributed by atoms with Crippen LogP contribution in [0.3, 0.4) is 0 Å². The molecule has 0 amide bonds. The van der Waals surface area contributed by atoms with Crippen molar-refractivity contribution in [3.63, 3.8) is 0 Å². The maximum atomic E-state index is 5.34. The molecule has 0 saturated carbocycles. The Kier molecular flexibility index (Phi) is 2.68. The van der Waals surface area contributed by atoms with E-state index >= 15 is 0 Å². The molecule has 0 N–H and O–H groups in total. The second kappa shape index (κ2) is 3.96. The van der Waals surface area contributed by atoms with Gasteiger partial charge in [0, 0.05) is 11.9 Å². The van der Waals surface area contributed by atoms with Gasteiger partial charge in [-0.2, -0.15) is 0 Å². The third-order valence-electron chi connectivity index (χ3n) is 1.80. The molecule has 0 radical (unpaired) electrons. The van der Waals surface area contributed by atoms with E-state index in [0.29, 0.717) is 5.25 Å². The van der Waals surface area contributed by atoms with Crippen molar-refractivity contribution >= 4 is 11.8 Å². The summed E-state index contributed by atoms with van der Waals surface area (Å²) in [5.41, 5.74) is 0. The van der Waals surface area contributed by atoms with E-state index in [1.807, 2.05) is 0 Å². The van der Waals surface area contributed by atoms with E-state index in [4.69, 9.17) is 9.15 Å². The van der Waals surface area contributed by atoms with E-state index in [2.05, 4.69) is 4.98 Å². The van der Waals surface area contributed by atoms with Crippen LogP contribution in [0.1, 0.15) is 12.8 Å². The largest absolute Gasteiger partial charge is 0.440 e. The molecule has 1 aromatic rings. The first-order valence-corrected chi connectivity index (χ1v) is 4.97. The lowest BCUT2D eigenvalue weighted by molar-refractivity contribution is 0.101. The molecule has 0 aromatic carbocycles. The molecular formula is C8H11NO2S. The first kappa shape index (κ1) is 8.13. The fraction of sp³-hybridized carbons (Fsp3) is 0.625. The summed E-state index contributed by atoms with van der Waals surface area (Å²) in [7, 11) is 0. The fourth-order valence-corrected chi connectivity index (χ4v) is 2.18. The van der Waals surface area contributed by atoms with Crippen molar-refractivity contribution < 1.29 is 9.15 Å². The minimum Gasteiger partial charge on any atom is -0.440 e. The molecular weight excluding hydrogens is 174 g/mol. The van der Waals surface area contributed by atoms with Gasteiger partial charge >= 0.3 is 0 Å². The van der Waals surface area contributed by atoms with Crippen molar-refractivity contribution in [1.82, 2.24) is 4.98 Å². The van der Waals surface area contributed by atoms with Gasteiger partial charge in [-0.1, -0.05) is 11.8 Å². The lowest BCUT2D eigenvalue weighted by atomic mass is 10.2. The summed E-state index contributed by atoms with van der Waals surface area (Å²) in [6.45, 7) is 1.73. The van der Waals surface area contributed by atoms with Gasteiger partial charge in [0.15, 0.2) is 0 Å². The summed E-state index contributed by atoms with van der Waals surface area (Å²) in [6, 6.07) is 0. The van der Waals surface area contributed by atoms with Gasteiger partial charge in [-0.15, -0.1) is 0 Å². The molecule has 1 aliphatic heterocycles. The summed E-state index contributed by atoms with van der Waals surface area (Å²) in [5.74, 6) is 0. The van der Waals surface area contributed by atoms with Crippen LogP contribution in [-0.2, 0) is 4.74 Å². The number of aromatic nitrogens is 1. The summed E-state index contributed by atoms with van der Waals surface area (Å²) in [6.07, 6.45) is 5.63. The van der Waals surface area contributed by atoms with Crippen LogP contribution in [0.5, 0.6) is 0 Å². The van der Waals surface area contributed by atoms with Crippen LogP contribution < -0.4 is 0 Å². The molecule has 1 unspecified atom stereocenters. The van der Waals surface area contributed by atoms with Crippen LogP contribution in [0.2, 0.25) is 0 Å². The summed E-state index contributed by atoms with van der Waals surface area (Å²) < 4.78 is 10.5. The van der Waals surface area contributed by atoms with E-state index < -0.39 is 0 Å². The SMILES string of the molecule is c1coc(SC2CCCOC2)n1. The predicted molar refractivity (Wildman–Crippen MR) is 46.2 cm³/mol. The monoisotopic (exact) mass is 185 g/mol. The highest BCUT2D eigenvalue weighted by atomic mass is 32.2. The Balaban J connectivity index is 1.86. The van der Waals surface area contributed by atoms with Crippen molar-refractivity contribution in [3.05, 3.63) is 12.5 Å². The van der Waals surface area contributed by atoms with Gasteiger partial charge in [0.2, 0.25) is 0 Å². The molecule has 3 nitrogen and oxygen atoms in total. The van der Waals surface area contributed by atoms with E-state index in [1.165, 1.54) is 6.42 Å². The highest BCUT2D eigenvalue weighted by Gasteiger charge is 2.16. The van der Waals surface area contributed by atoms with Gasteiger partial charge in [-0.3, -0.25) is 0 Å². The first-order chi connectivity index (χ1) is 5.95. The standard InChI is InChI=1S/C8H11NO2S/c1-2-7(6-10-4-1)12-8-9-3-5-11-8/h3,5,7H,1-2,4,6H2. The van der Waals surface area contributed by atoms with Crippen LogP contribution in [-0.4, -0.2) is 23.4 Å². The number of oxazole rings is 1. The average molecular weight is 185 g/mol. The summed E-state index contributed by atoms with van der Waals surface area (Å²) in [5, 5.41) is 1.28. The molecule has 4 heteroatoms. The summed E-state index contributed by atoms with van der Waals surface area (Å²) in [4.78, 5) is 4.05. The second-order valence-corrected chi connectivity index (χ2v) is 4.01. The number of ether oxygens (including phenoxy) is 1. The van der Waals surface area contributed by atoms with Crippen molar-refractivity contribution in [3.8, 4) is 0 Å². The maximum absolute atomic E-state index is 5.34. The Morgan fingerprint density at radius 3 is 3.25 bits per heavy atom. The van der Waals surface area contributed by atoms with Crippen molar-refractivity contribution in [2.75, 3.05) is 13.2 Å². The highest BCUT2D eigenvalue weighted by Crippen LogP contribution is 2.26. The van der Waals surface area contributed by atoms with Crippen LogP contribution in [0.25, 0.3) is 0 Å². The van der Waals surface area contributed by atoms with E-state index in [-0.39, 0.29) is 0 Å². The fourth-order valence-electron chi connectivity index (χ4n) is 1.22. The Labute approximate surface area is 75.5 Å². The number of thioether (sulfide) groups is 1. The topological polar surface area (TPSA) is 35.3 Å². The molecule has 1 aliphatic rings. The molecule has 1 fully saturated rings. The molecule has 1 saturated heterocycles. The average Bonchev–Trinajstić information content (AvgIpc) is 2.59. The van der Waals surface area contributed by atoms with Gasteiger partial charge in [0.1, 0.15) is 6.26 Å². The lowest BCUT2D eigenvalue weighted by Crippen LogP contribution is -2.19. The van der Waals surface area contributed by atoms with E-state index in [9.17, 15) is 0 Å².